The number of hydrogen-bond acceptors (Lipinski definition) is 5. The van der Waals surface area contributed by atoms with Crippen LogP contribution in [0.4, 0.5) is 11.4 Å². The number of benzene rings is 1. The number of carbonyl (C=O) groups excluding carboxylic acids is 2. The first kappa shape index (κ1) is 19.9. The number of hydrogen-bond donors (Lipinski definition) is 1. The highest BCUT2D eigenvalue weighted by atomic mass is 16.5. The van der Waals surface area contributed by atoms with Gasteiger partial charge in [0.05, 0.1) is 35.3 Å². The van der Waals surface area contributed by atoms with E-state index >= 15 is 0 Å². The minimum atomic E-state index is -0.454. The Morgan fingerprint density at radius 1 is 1.21 bits per heavy atom. The molecule has 1 N–H and O–H groups in total. The second kappa shape index (κ2) is 9.35. The molecule has 1 unspecified atom stereocenters. The van der Waals surface area contributed by atoms with Crippen LogP contribution in [0.2, 0.25) is 0 Å². The molecule has 1 amide bonds. The van der Waals surface area contributed by atoms with Crippen molar-refractivity contribution in [3.05, 3.63) is 53.9 Å². The van der Waals surface area contributed by atoms with Crippen molar-refractivity contribution in [1.29, 1.82) is 0 Å². The number of esters is 1. The van der Waals surface area contributed by atoms with Gasteiger partial charge in [-0.15, -0.1) is 0 Å². The Labute approximate surface area is 165 Å². The van der Waals surface area contributed by atoms with E-state index in [1.165, 1.54) is 12.8 Å². The Morgan fingerprint density at radius 3 is 2.82 bits per heavy atom. The fourth-order valence-corrected chi connectivity index (χ4v) is 3.65. The number of aromatic nitrogens is 1. The summed E-state index contributed by atoms with van der Waals surface area (Å²) in [5.74, 6) is -0.750. The number of nitrogens with one attached hydrogen (secondary N) is 1. The summed E-state index contributed by atoms with van der Waals surface area (Å²) in [6.07, 6.45) is 8.00. The van der Waals surface area contributed by atoms with Gasteiger partial charge in [0.15, 0.2) is 0 Å². The van der Waals surface area contributed by atoms with E-state index in [0.717, 1.165) is 25.1 Å². The number of anilines is 2. The van der Waals surface area contributed by atoms with Gasteiger partial charge in [0.1, 0.15) is 0 Å². The van der Waals surface area contributed by atoms with Gasteiger partial charge in [0.2, 0.25) is 0 Å². The molecule has 1 aliphatic rings. The lowest BCUT2D eigenvalue weighted by Crippen LogP contribution is -2.39. The fourth-order valence-electron chi connectivity index (χ4n) is 3.65. The second-order valence-electron chi connectivity index (χ2n) is 6.90. The molecule has 6 nitrogen and oxygen atoms in total. The van der Waals surface area contributed by atoms with Gasteiger partial charge in [-0.2, -0.15) is 0 Å². The number of nitrogens with zero attached hydrogens (tertiary/aromatic N) is 2. The van der Waals surface area contributed by atoms with Gasteiger partial charge < -0.3 is 15.0 Å². The third-order valence-corrected chi connectivity index (χ3v) is 5.09. The zero-order chi connectivity index (χ0) is 19.9. The molecule has 0 radical (unpaired) electrons. The van der Waals surface area contributed by atoms with Crippen molar-refractivity contribution in [2.75, 3.05) is 23.4 Å². The van der Waals surface area contributed by atoms with Gasteiger partial charge in [-0.05, 0) is 50.8 Å². The van der Waals surface area contributed by atoms with Crippen molar-refractivity contribution in [1.82, 2.24) is 4.98 Å². The molecule has 0 saturated carbocycles. The molecule has 0 spiro atoms. The van der Waals surface area contributed by atoms with E-state index in [1.54, 1.807) is 37.4 Å². The Kier molecular flexibility index (Phi) is 6.63. The van der Waals surface area contributed by atoms with E-state index in [4.69, 9.17) is 4.74 Å². The fraction of sp³-hybridized carbons (Fsp3) is 0.409. The molecular formula is C22H27N3O3. The molecule has 1 saturated heterocycles. The van der Waals surface area contributed by atoms with E-state index in [0.29, 0.717) is 22.9 Å². The molecule has 28 heavy (non-hydrogen) atoms. The van der Waals surface area contributed by atoms with E-state index in [1.807, 2.05) is 12.3 Å². The Balaban J connectivity index is 1.80. The molecule has 1 aromatic heterocycles. The molecule has 148 valence electrons. The van der Waals surface area contributed by atoms with Crippen molar-refractivity contribution in [2.24, 2.45) is 0 Å². The van der Waals surface area contributed by atoms with Crippen LogP contribution in [0.15, 0.2) is 42.7 Å². The molecule has 3 rings (SSSR count). The quantitative estimate of drug-likeness (QED) is 0.756. The second-order valence-corrected chi connectivity index (χ2v) is 6.90. The highest BCUT2D eigenvalue weighted by molar-refractivity contribution is 6.08. The van der Waals surface area contributed by atoms with E-state index in [2.05, 4.69) is 22.1 Å². The number of piperidine rings is 1. The lowest BCUT2D eigenvalue weighted by Gasteiger charge is -2.37. The third kappa shape index (κ3) is 4.50. The van der Waals surface area contributed by atoms with E-state index in [-0.39, 0.29) is 12.5 Å². The van der Waals surface area contributed by atoms with Crippen molar-refractivity contribution < 1.29 is 14.3 Å². The summed E-state index contributed by atoms with van der Waals surface area (Å²) < 4.78 is 5.07. The average Bonchev–Trinajstić information content (AvgIpc) is 2.74. The molecule has 6 heteroatoms. The minimum absolute atomic E-state index is 0.279. The highest BCUT2D eigenvalue weighted by Crippen LogP contribution is 2.27. The summed E-state index contributed by atoms with van der Waals surface area (Å²) in [5.41, 5.74) is 2.21. The van der Waals surface area contributed by atoms with Gasteiger partial charge in [0, 0.05) is 18.8 Å². The Morgan fingerprint density at radius 2 is 2.04 bits per heavy atom. The molecule has 0 aliphatic carbocycles. The molecule has 2 aromatic rings. The molecule has 1 fully saturated rings. The van der Waals surface area contributed by atoms with E-state index in [9.17, 15) is 9.59 Å². The predicted molar refractivity (Wildman–Crippen MR) is 110 cm³/mol. The van der Waals surface area contributed by atoms with Crippen molar-refractivity contribution in [3.8, 4) is 0 Å². The van der Waals surface area contributed by atoms with Gasteiger partial charge in [0.25, 0.3) is 5.91 Å². The molecule has 1 aliphatic heterocycles. The molecule has 1 atom stereocenters. The minimum Gasteiger partial charge on any atom is -0.462 e. The van der Waals surface area contributed by atoms with Crippen LogP contribution in [0, 0.1) is 0 Å². The van der Waals surface area contributed by atoms with Crippen molar-refractivity contribution >= 4 is 23.3 Å². The van der Waals surface area contributed by atoms with Crippen LogP contribution in [0.3, 0.4) is 0 Å². The molecule has 2 heterocycles. The SMILES string of the molecule is CCOC(=O)c1ccccc1NC(=O)c1cncc(N2CCCCC2CC)c1. The van der Waals surface area contributed by atoms with Gasteiger partial charge >= 0.3 is 5.97 Å². The van der Waals surface area contributed by atoms with Crippen LogP contribution in [-0.4, -0.2) is 36.1 Å². The lowest BCUT2D eigenvalue weighted by atomic mass is 9.99. The highest BCUT2D eigenvalue weighted by Gasteiger charge is 2.22. The van der Waals surface area contributed by atoms with Crippen LogP contribution < -0.4 is 10.2 Å². The van der Waals surface area contributed by atoms with E-state index < -0.39 is 5.97 Å². The number of pyridine rings is 1. The molecule has 0 bridgehead atoms. The zero-order valence-electron chi connectivity index (χ0n) is 16.5. The van der Waals surface area contributed by atoms with Crippen LogP contribution >= 0.6 is 0 Å². The summed E-state index contributed by atoms with van der Waals surface area (Å²) in [6, 6.07) is 9.21. The molecular weight excluding hydrogens is 354 g/mol. The predicted octanol–water partition coefficient (Wildman–Crippen LogP) is 4.28. The van der Waals surface area contributed by atoms with Gasteiger partial charge in [-0.1, -0.05) is 19.1 Å². The number of amides is 1. The zero-order valence-corrected chi connectivity index (χ0v) is 16.5. The maximum Gasteiger partial charge on any atom is 0.340 e. The Hall–Kier alpha value is -2.89. The summed E-state index contributed by atoms with van der Waals surface area (Å²) in [6.45, 7) is 5.21. The third-order valence-electron chi connectivity index (χ3n) is 5.09. The van der Waals surface area contributed by atoms with Crippen LogP contribution in [0.1, 0.15) is 60.2 Å². The summed E-state index contributed by atoms with van der Waals surface area (Å²) >= 11 is 0. The largest absolute Gasteiger partial charge is 0.462 e. The smallest absolute Gasteiger partial charge is 0.340 e. The number of ether oxygens (including phenoxy) is 1. The summed E-state index contributed by atoms with van der Waals surface area (Å²) in [5, 5.41) is 2.82. The molecule has 1 aromatic carbocycles. The van der Waals surface area contributed by atoms with Crippen molar-refractivity contribution in [2.45, 2.75) is 45.6 Å². The lowest BCUT2D eigenvalue weighted by molar-refractivity contribution is 0.0527. The monoisotopic (exact) mass is 381 g/mol. The van der Waals surface area contributed by atoms with Gasteiger partial charge in [-0.25, -0.2) is 4.79 Å². The summed E-state index contributed by atoms with van der Waals surface area (Å²) in [4.78, 5) is 31.6. The maximum absolute atomic E-state index is 12.8. The van der Waals surface area contributed by atoms with Crippen LogP contribution in [0.25, 0.3) is 0 Å². The first-order valence-electron chi connectivity index (χ1n) is 9.93. The standard InChI is InChI=1S/C22H27N3O3/c1-3-17-9-7-8-12-25(17)18-13-16(14-23-15-18)21(26)24-20-11-6-5-10-19(20)22(27)28-4-2/h5-6,10-11,13-15,17H,3-4,7-9,12H2,1-2H3,(H,24,26). The Bertz CT molecular complexity index is 837. The topological polar surface area (TPSA) is 71.5 Å². The summed E-state index contributed by atoms with van der Waals surface area (Å²) in [7, 11) is 0. The number of carbonyl (C=O) groups is 2. The maximum atomic E-state index is 12.8. The first-order valence-corrected chi connectivity index (χ1v) is 9.93. The van der Waals surface area contributed by atoms with Crippen molar-refractivity contribution in [3.63, 3.8) is 0 Å². The van der Waals surface area contributed by atoms with Crippen LogP contribution in [0.5, 0.6) is 0 Å². The van der Waals surface area contributed by atoms with Crippen LogP contribution in [-0.2, 0) is 4.74 Å². The van der Waals surface area contributed by atoms with Gasteiger partial charge in [-0.3, -0.25) is 9.78 Å². The number of rotatable bonds is 6. The average molecular weight is 381 g/mol. The normalized spacial score (nSPS) is 16.5. The number of para-hydroxylation sites is 1. The first-order chi connectivity index (χ1) is 13.6.